The number of aryl methyl sites for hydroxylation is 2. The van der Waals surface area contributed by atoms with E-state index < -0.39 is 0 Å². The van der Waals surface area contributed by atoms with E-state index in [0.717, 1.165) is 56.3 Å². The predicted octanol–water partition coefficient (Wildman–Crippen LogP) is 9.15. The Labute approximate surface area is 248 Å². The molecule has 1 aliphatic heterocycles. The summed E-state index contributed by atoms with van der Waals surface area (Å²) in [5, 5.41) is 0. The molecule has 0 amide bonds. The Morgan fingerprint density at radius 3 is 2.10 bits per heavy atom. The van der Waals surface area contributed by atoms with Crippen LogP contribution in [0.1, 0.15) is 11.1 Å². The van der Waals surface area contributed by atoms with Gasteiger partial charge in [0.1, 0.15) is 5.75 Å². The van der Waals surface area contributed by atoms with Crippen LogP contribution < -0.4 is 4.74 Å². The van der Waals surface area contributed by atoms with E-state index in [-0.39, 0.29) is 20.1 Å². The SMILES string of the molecule is Cc1cnc(-c2[c-]cccc2)cc1C.[Ir].[c-]1ccc2c(c1-c1ccccn1)-c1ccccc1-c1ccccc1O2. The van der Waals surface area contributed by atoms with Crippen LogP contribution in [0.2, 0.25) is 0 Å². The van der Waals surface area contributed by atoms with Gasteiger partial charge in [0.15, 0.2) is 0 Å². The van der Waals surface area contributed by atoms with E-state index in [4.69, 9.17) is 4.74 Å². The first-order chi connectivity index (χ1) is 19.2. The summed E-state index contributed by atoms with van der Waals surface area (Å²) in [6.45, 7) is 4.17. The summed E-state index contributed by atoms with van der Waals surface area (Å²) in [7, 11) is 0. The first-order valence-corrected chi connectivity index (χ1v) is 12.9. The number of benzene rings is 4. The topological polar surface area (TPSA) is 35.0 Å². The van der Waals surface area contributed by atoms with Gasteiger partial charge in [0.05, 0.1) is 5.75 Å². The molecule has 2 aromatic heterocycles. The third kappa shape index (κ3) is 5.51. The van der Waals surface area contributed by atoms with Crippen LogP contribution in [-0.4, -0.2) is 9.97 Å². The molecular formula is C36H26IrN2O-2. The molecule has 0 saturated heterocycles. The first-order valence-electron chi connectivity index (χ1n) is 12.9. The number of nitrogens with zero attached hydrogens (tertiary/aromatic N) is 2. The molecule has 0 spiro atoms. The number of pyridine rings is 2. The van der Waals surface area contributed by atoms with Gasteiger partial charge in [0, 0.05) is 38.1 Å². The van der Waals surface area contributed by atoms with Crippen molar-refractivity contribution in [2.75, 3.05) is 0 Å². The third-order valence-electron chi connectivity index (χ3n) is 6.83. The Bertz CT molecular complexity index is 1750. The van der Waals surface area contributed by atoms with E-state index in [1.165, 1.54) is 11.1 Å². The van der Waals surface area contributed by atoms with Gasteiger partial charge in [0.2, 0.25) is 0 Å². The van der Waals surface area contributed by atoms with Crippen molar-refractivity contribution in [3.05, 3.63) is 145 Å². The van der Waals surface area contributed by atoms with E-state index in [9.17, 15) is 0 Å². The maximum Gasteiger partial charge on any atom is 0.132 e. The molecule has 6 aromatic rings. The Balaban J connectivity index is 0.000000184. The molecule has 3 nitrogen and oxygen atoms in total. The fraction of sp³-hybridized carbons (Fsp3) is 0.0556. The summed E-state index contributed by atoms with van der Waals surface area (Å²) < 4.78 is 6.30. The molecular weight excluding hydrogens is 669 g/mol. The molecule has 0 bridgehead atoms. The molecule has 1 aliphatic rings. The Morgan fingerprint density at radius 2 is 1.35 bits per heavy atom. The fourth-order valence-electron chi connectivity index (χ4n) is 4.70. The number of fused-ring (bicyclic) bond motifs is 5. The Kier molecular flexibility index (Phi) is 8.31. The summed E-state index contributed by atoms with van der Waals surface area (Å²) in [6.07, 6.45) is 3.71. The average molecular weight is 695 g/mol. The second-order valence-corrected chi connectivity index (χ2v) is 9.38. The Morgan fingerprint density at radius 1 is 0.600 bits per heavy atom. The van der Waals surface area contributed by atoms with Gasteiger partial charge in [-0.1, -0.05) is 77.9 Å². The summed E-state index contributed by atoms with van der Waals surface area (Å²) in [5.74, 6) is 1.70. The van der Waals surface area contributed by atoms with E-state index in [2.05, 4.69) is 72.3 Å². The van der Waals surface area contributed by atoms with Crippen LogP contribution in [-0.2, 0) is 20.1 Å². The van der Waals surface area contributed by atoms with Gasteiger partial charge < -0.3 is 14.7 Å². The van der Waals surface area contributed by atoms with Gasteiger partial charge in [-0.15, -0.1) is 53.6 Å². The van der Waals surface area contributed by atoms with Crippen LogP contribution in [0, 0.1) is 26.0 Å². The number of hydrogen-bond acceptors (Lipinski definition) is 3. The third-order valence-corrected chi connectivity index (χ3v) is 6.83. The van der Waals surface area contributed by atoms with Gasteiger partial charge in [-0.05, 0) is 54.1 Å². The number of para-hydroxylation sites is 1. The van der Waals surface area contributed by atoms with E-state index in [0.29, 0.717) is 0 Å². The van der Waals surface area contributed by atoms with E-state index in [1.54, 1.807) is 6.20 Å². The summed E-state index contributed by atoms with van der Waals surface area (Å²) in [4.78, 5) is 8.90. The first kappa shape index (κ1) is 27.2. The van der Waals surface area contributed by atoms with Gasteiger partial charge in [0.25, 0.3) is 0 Å². The number of aromatic nitrogens is 2. The summed E-state index contributed by atoms with van der Waals surface area (Å²) >= 11 is 0. The maximum atomic E-state index is 6.30. The molecule has 197 valence electrons. The van der Waals surface area contributed by atoms with Gasteiger partial charge >= 0.3 is 0 Å². The van der Waals surface area contributed by atoms with Crippen molar-refractivity contribution in [1.82, 2.24) is 9.97 Å². The van der Waals surface area contributed by atoms with Crippen molar-refractivity contribution >= 4 is 0 Å². The molecule has 3 heterocycles. The average Bonchev–Trinajstić information content (AvgIpc) is 3.14. The Hall–Kier alpha value is -4.37. The maximum absolute atomic E-state index is 6.30. The molecule has 0 aliphatic carbocycles. The zero-order chi connectivity index (χ0) is 26.6. The minimum absolute atomic E-state index is 0. The van der Waals surface area contributed by atoms with Crippen LogP contribution in [0.4, 0.5) is 0 Å². The van der Waals surface area contributed by atoms with Gasteiger partial charge in [-0.3, -0.25) is 0 Å². The van der Waals surface area contributed by atoms with Crippen molar-refractivity contribution in [1.29, 1.82) is 0 Å². The minimum atomic E-state index is 0. The van der Waals surface area contributed by atoms with Crippen LogP contribution >= 0.6 is 0 Å². The number of ether oxygens (including phenoxy) is 1. The van der Waals surface area contributed by atoms with Crippen LogP contribution in [0.5, 0.6) is 11.5 Å². The predicted molar refractivity (Wildman–Crippen MR) is 157 cm³/mol. The standard InChI is InChI=1S/C23H14NO.C13H12N.Ir/c1-2-10-18-16(8-1)17-9-3-4-13-21(17)25-22-14-7-11-19(23(18)22)20-12-5-6-15-24-20;1-10-8-13(14-9-11(10)2)12-6-4-3-5-7-12;/h1-10,12-15H;3-6,8-9H,1-2H3;/q2*-1;. The van der Waals surface area contributed by atoms with Crippen molar-refractivity contribution < 1.29 is 24.8 Å². The second kappa shape index (κ2) is 12.2. The molecule has 4 aromatic carbocycles. The van der Waals surface area contributed by atoms with E-state index >= 15 is 0 Å². The molecule has 7 rings (SSSR count). The molecule has 40 heavy (non-hydrogen) atoms. The molecule has 0 unspecified atom stereocenters. The normalized spacial score (nSPS) is 10.8. The van der Waals surface area contributed by atoms with Crippen molar-refractivity contribution in [3.63, 3.8) is 0 Å². The second-order valence-electron chi connectivity index (χ2n) is 9.38. The zero-order valence-electron chi connectivity index (χ0n) is 22.2. The summed E-state index contributed by atoms with van der Waals surface area (Å²) in [5.41, 5.74) is 10.8. The molecule has 4 heteroatoms. The van der Waals surface area contributed by atoms with Crippen molar-refractivity contribution in [3.8, 4) is 56.3 Å². The quantitative estimate of drug-likeness (QED) is 0.169. The number of hydrogen-bond donors (Lipinski definition) is 0. The van der Waals surface area contributed by atoms with Gasteiger partial charge in [-0.2, -0.15) is 0 Å². The smallest absolute Gasteiger partial charge is 0.132 e. The molecule has 0 fully saturated rings. The molecule has 0 saturated carbocycles. The zero-order valence-corrected chi connectivity index (χ0v) is 24.6. The molecule has 0 N–H and O–H groups in total. The van der Waals surface area contributed by atoms with Crippen molar-refractivity contribution in [2.24, 2.45) is 0 Å². The summed E-state index contributed by atoms with van der Waals surface area (Å²) in [6, 6.07) is 42.9. The molecule has 0 atom stereocenters. The minimum Gasteiger partial charge on any atom is -0.476 e. The van der Waals surface area contributed by atoms with Crippen LogP contribution in [0.15, 0.2) is 122 Å². The molecule has 1 radical (unpaired) electrons. The van der Waals surface area contributed by atoms with Crippen molar-refractivity contribution in [2.45, 2.75) is 13.8 Å². The van der Waals surface area contributed by atoms with Crippen LogP contribution in [0.3, 0.4) is 0 Å². The van der Waals surface area contributed by atoms with E-state index in [1.807, 2.05) is 79.0 Å². The number of rotatable bonds is 2. The fourth-order valence-corrected chi connectivity index (χ4v) is 4.70. The largest absolute Gasteiger partial charge is 0.476 e. The van der Waals surface area contributed by atoms with Gasteiger partial charge in [-0.25, -0.2) is 0 Å². The monoisotopic (exact) mass is 695 g/mol. The van der Waals surface area contributed by atoms with Crippen LogP contribution in [0.25, 0.3) is 44.8 Å².